The fraction of sp³-hybridized carbons (Fsp3) is 0.423. The van der Waals surface area contributed by atoms with Gasteiger partial charge in [-0.25, -0.2) is 9.59 Å². The van der Waals surface area contributed by atoms with Crippen LogP contribution >= 0.6 is 0 Å². The number of piperidine rings is 1. The van der Waals surface area contributed by atoms with Gasteiger partial charge in [-0.05, 0) is 41.0 Å². The Balaban J connectivity index is 1.44. The molecule has 4 rings (SSSR count). The topological polar surface area (TPSA) is 105 Å². The highest BCUT2D eigenvalue weighted by Gasteiger charge is 2.38. The Kier molecular flexibility index (Phi) is 7.17. The van der Waals surface area contributed by atoms with E-state index in [1.165, 1.54) is 12.0 Å². The van der Waals surface area contributed by atoms with Crippen molar-refractivity contribution in [3.05, 3.63) is 59.7 Å². The molecule has 3 atom stereocenters. The number of hydrogen-bond donors (Lipinski definition) is 2. The number of methoxy groups -OCH3 is 1. The van der Waals surface area contributed by atoms with Crippen LogP contribution in [0.5, 0.6) is 0 Å². The molecule has 8 nitrogen and oxygen atoms in total. The smallest absolute Gasteiger partial charge is 0.407 e. The maximum Gasteiger partial charge on any atom is 0.407 e. The number of carboxylic acids is 1. The van der Waals surface area contributed by atoms with Crippen molar-refractivity contribution in [3.63, 3.8) is 0 Å². The average Bonchev–Trinajstić information content (AvgIpc) is 3.15. The Labute approximate surface area is 198 Å². The number of nitrogens with zero attached hydrogens (tertiary/aromatic N) is 1. The molecule has 0 saturated carbocycles. The van der Waals surface area contributed by atoms with E-state index in [9.17, 15) is 19.5 Å². The Hall–Kier alpha value is -3.39. The van der Waals surface area contributed by atoms with Crippen molar-refractivity contribution in [2.45, 2.75) is 37.8 Å². The number of aliphatic carboxylic acids is 1. The van der Waals surface area contributed by atoms with Crippen molar-refractivity contribution in [2.75, 3.05) is 26.9 Å². The van der Waals surface area contributed by atoms with Crippen LogP contribution in [0.25, 0.3) is 11.1 Å². The molecule has 3 unspecified atom stereocenters. The number of amides is 2. The van der Waals surface area contributed by atoms with Gasteiger partial charge in [-0.1, -0.05) is 55.5 Å². The van der Waals surface area contributed by atoms with Crippen LogP contribution in [0, 0.1) is 5.92 Å². The maximum absolute atomic E-state index is 13.2. The monoisotopic (exact) mass is 466 g/mol. The summed E-state index contributed by atoms with van der Waals surface area (Å²) in [5, 5.41) is 12.2. The molecule has 1 aliphatic heterocycles. The van der Waals surface area contributed by atoms with E-state index in [0.29, 0.717) is 13.0 Å². The van der Waals surface area contributed by atoms with Crippen LogP contribution in [-0.2, 0) is 19.1 Å². The Morgan fingerprint density at radius 2 is 1.68 bits per heavy atom. The molecular formula is C26H30N2O6. The number of fused-ring (bicyclic) bond motifs is 3. The zero-order valence-corrected chi connectivity index (χ0v) is 19.4. The second-order valence-electron chi connectivity index (χ2n) is 9.00. The zero-order chi connectivity index (χ0) is 24.2. The number of benzene rings is 2. The van der Waals surface area contributed by atoms with Crippen LogP contribution in [-0.4, -0.2) is 66.9 Å². The first-order chi connectivity index (χ1) is 16.4. The molecule has 0 aromatic heterocycles. The second kappa shape index (κ2) is 10.3. The normalized spacial score (nSPS) is 20.2. The molecule has 2 N–H and O–H groups in total. The van der Waals surface area contributed by atoms with Crippen LogP contribution in [0.3, 0.4) is 0 Å². The summed E-state index contributed by atoms with van der Waals surface area (Å²) in [6, 6.07) is 14.1. The fourth-order valence-electron chi connectivity index (χ4n) is 4.98. The number of nitrogens with one attached hydrogen (secondary N) is 1. The molecule has 0 bridgehead atoms. The van der Waals surface area contributed by atoms with E-state index in [2.05, 4.69) is 17.4 Å². The van der Waals surface area contributed by atoms with Gasteiger partial charge in [0.25, 0.3) is 0 Å². The van der Waals surface area contributed by atoms with Gasteiger partial charge >= 0.3 is 12.1 Å². The summed E-state index contributed by atoms with van der Waals surface area (Å²) in [6.07, 6.45) is 0.372. The third kappa shape index (κ3) is 4.77. The summed E-state index contributed by atoms with van der Waals surface area (Å²) < 4.78 is 10.7. The van der Waals surface area contributed by atoms with Crippen molar-refractivity contribution < 1.29 is 29.0 Å². The summed E-state index contributed by atoms with van der Waals surface area (Å²) >= 11 is 0. The molecule has 1 heterocycles. The quantitative estimate of drug-likeness (QED) is 0.649. The number of alkyl carbamates (subject to hydrolysis) is 1. The Morgan fingerprint density at radius 3 is 2.26 bits per heavy atom. The fourth-order valence-corrected chi connectivity index (χ4v) is 4.98. The number of rotatable bonds is 7. The summed E-state index contributed by atoms with van der Waals surface area (Å²) in [5.74, 6) is -1.45. The number of hydrogen-bond acceptors (Lipinski definition) is 5. The lowest BCUT2D eigenvalue weighted by Gasteiger charge is -2.38. The van der Waals surface area contributed by atoms with Crippen molar-refractivity contribution >= 4 is 18.0 Å². The molecule has 1 aliphatic carbocycles. The predicted octanol–water partition coefficient (Wildman–Crippen LogP) is 3.25. The van der Waals surface area contributed by atoms with E-state index in [-0.39, 0.29) is 25.0 Å². The van der Waals surface area contributed by atoms with Crippen LogP contribution in [0.2, 0.25) is 0 Å². The molecule has 2 aromatic carbocycles. The number of carbonyl (C=O) groups is 3. The standard InChI is InChI=1S/C26H30N2O6/c1-16-11-12-23(25(30)31)28(13-16)24(29)22(15-33-2)27-26(32)34-14-21-19-9-5-3-7-17(19)18-8-4-6-10-20(18)21/h3-10,16,21-23H,11-15H2,1-2H3,(H,27,32)(H,30,31). The van der Waals surface area contributed by atoms with Crippen molar-refractivity contribution in [3.8, 4) is 11.1 Å². The lowest BCUT2D eigenvalue weighted by molar-refractivity contribution is -0.154. The molecule has 180 valence electrons. The molecule has 2 aliphatic rings. The highest BCUT2D eigenvalue weighted by atomic mass is 16.5. The number of ether oxygens (including phenoxy) is 2. The van der Waals surface area contributed by atoms with Crippen molar-refractivity contribution in [1.29, 1.82) is 0 Å². The lowest BCUT2D eigenvalue weighted by Crippen LogP contribution is -2.58. The first-order valence-electron chi connectivity index (χ1n) is 11.5. The molecule has 1 fully saturated rings. The van der Waals surface area contributed by atoms with E-state index in [1.807, 2.05) is 43.3 Å². The molecule has 0 spiro atoms. The summed E-state index contributed by atoms with van der Waals surface area (Å²) in [7, 11) is 1.42. The van der Waals surface area contributed by atoms with Gasteiger partial charge < -0.3 is 24.8 Å². The third-order valence-corrected chi connectivity index (χ3v) is 6.65. The highest BCUT2D eigenvalue weighted by molar-refractivity contribution is 5.89. The highest BCUT2D eigenvalue weighted by Crippen LogP contribution is 2.44. The first-order valence-corrected chi connectivity index (χ1v) is 11.5. The number of likely N-dealkylation sites (tertiary alicyclic amines) is 1. The zero-order valence-electron chi connectivity index (χ0n) is 19.4. The van der Waals surface area contributed by atoms with Gasteiger partial charge in [-0.3, -0.25) is 4.79 Å². The molecule has 1 saturated heterocycles. The molecular weight excluding hydrogens is 436 g/mol. The minimum atomic E-state index is -1.04. The van der Waals surface area contributed by atoms with Gasteiger partial charge in [0.1, 0.15) is 18.7 Å². The van der Waals surface area contributed by atoms with Crippen LogP contribution in [0.4, 0.5) is 4.79 Å². The van der Waals surface area contributed by atoms with Gasteiger partial charge in [0.15, 0.2) is 0 Å². The van der Waals surface area contributed by atoms with Crippen molar-refractivity contribution in [2.24, 2.45) is 5.92 Å². The van der Waals surface area contributed by atoms with E-state index in [4.69, 9.17) is 9.47 Å². The lowest BCUT2D eigenvalue weighted by atomic mass is 9.93. The maximum atomic E-state index is 13.2. The SMILES string of the molecule is COCC(NC(=O)OCC1c2ccccc2-c2ccccc21)C(=O)N1CC(C)CCC1C(=O)O. The number of carboxylic acid groups (broad SMARTS) is 1. The van der Waals surface area contributed by atoms with Gasteiger partial charge in [0.05, 0.1) is 6.61 Å². The van der Waals surface area contributed by atoms with E-state index in [0.717, 1.165) is 28.7 Å². The Bertz CT molecular complexity index is 1030. The summed E-state index contributed by atoms with van der Waals surface area (Å²) in [5.41, 5.74) is 4.43. The van der Waals surface area contributed by atoms with Crippen LogP contribution in [0.15, 0.2) is 48.5 Å². The van der Waals surface area contributed by atoms with E-state index in [1.54, 1.807) is 0 Å². The predicted molar refractivity (Wildman–Crippen MR) is 125 cm³/mol. The second-order valence-corrected chi connectivity index (χ2v) is 9.00. The number of carbonyl (C=O) groups excluding carboxylic acids is 2. The molecule has 34 heavy (non-hydrogen) atoms. The first kappa shape index (κ1) is 23.8. The minimum Gasteiger partial charge on any atom is -0.480 e. The third-order valence-electron chi connectivity index (χ3n) is 6.65. The largest absolute Gasteiger partial charge is 0.480 e. The average molecular weight is 467 g/mol. The molecule has 0 radical (unpaired) electrons. The Morgan fingerprint density at radius 1 is 1.06 bits per heavy atom. The molecule has 8 heteroatoms. The molecule has 2 amide bonds. The van der Waals surface area contributed by atoms with Gasteiger partial charge in [0.2, 0.25) is 5.91 Å². The van der Waals surface area contributed by atoms with Gasteiger partial charge in [-0.2, -0.15) is 0 Å². The van der Waals surface area contributed by atoms with E-state index < -0.39 is 30.1 Å². The summed E-state index contributed by atoms with van der Waals surface area (Å²) in [4.78, 5) is 38.9. The molecule has 2 aromatic rings. The van der Waals surface area contributed by atoms with E-state index >= 15 is 0 Å². The van der Waals surface area contributed by atoms with Gasteiger partial charge in [-0.15, -0.1) is 0 Å². The van der Waals surface area contributed by atoms with Crippen LogP contribution in [0.1, 0.15) is 36.8 Å². The van der Waals surface area contributed by atoms with Crippen molar-refractivity contribution in [1.82, 2.24) is 10.2 Å². The van der Waals surface area contributed by atoms with Gasteiger partial charge in [0, 0.05) is 19.6 Å². The van der Waals surface area contributed by atoms with Crippen LogP contribution < -0.4 is 5.32 Å². The minimum absolute atomic E-state index is 0.0831. The summed E-state index contributed by atoms with van der Waals surface area (Å²) in [6.45, 7) is 2.33.